The van der Waals surface area contributed by atoms with E-state index in [1.54, 1.807) is 36.8 Å². The van der Waals surface area contributed by atoms with Crippen molar-refractivity contribution in [1.29, 1.82) is 0 Å². The van der Waals surface area contributed by atoms with Gasteiger partial charge in [-0.25, -0.2) is 9.38 Å². The fraction of sp³-hybridized carbons (Fsp3) is 0.345. The van der Waals surface area contributed by atoms with Gasteiger partial charge in [0.2, 0.25) is 5.90 Å². The molecule has 0 saturated heterocycles. The summed E-state index contributed by atoms with van der Waals surface area (Å²) in [5.41, 5.74) is 6.85. The Bertz CT molecular complexity index is 1210. The number of benzene rings is 1. The van der Waals surface area contributed by atoms with E-state index in [0.29, 0.717) is 18.4 Å². The molecule has 4 rings (SSSR count). The number of aromatic nitrogens is 1. The van der Waals surface area contributed by atoms with Crippen molar-refractivity contribution in [3.8, 4) is 11.1 Å². The average molecular weight is 458 g/mol. The summed E-state index contributed by atoms with van der Waals surface area (Å²) in [6, 6.07) is 6.98. The van der Waals surface area contributed by atoms with Crippen molar-refractivity contribution in [1.82, 2.24) is 4.98 Å². The minimum Gasteiger partial charge on any atom is -0.477 e. The van der Waals surface area contributed by atoms with Crippen molar-refractivity contribution < 1.29 is 9.13 Å². The molecule has 0 N–H and O–H groups in total. The summed E-state index contributed by atoms with van der Waals surface area (Å²) in [6.07, 6.45) is 12.0. The van der Waals surface area contributed by atoms with E-state index in [4.69, 9.17) is 9.72 Å². The molecule has 1 atom stereocenters. The Morgan fingerprint density at radius 1 is 1.15 bits per heavy atom. The van der Waals surface area contributed by atoms with Crippen LogP contribution in [0.1, 0.15) is 69.7 Å². The van der Waals surface area contributed by atoms with Gasteiger partial charge in [-0.05, 0) is 60.1 Å². The minimum absolute atomic E-state index is 0.0865. The van der Waals surface area contributed by atoms with Gasteiger partial charge in [-0.15, -0.1) is 0 Å². The lowest BCUT2D eigenvalue weighted by Gasteiger charge is -2.26. The molecular weight excluding hydrogens is 425 g/mol. The Morgan fingerprint density at radius 2 is 1.97 bits per heavy atom. The third kappa shape index (κ3) is 5.09. The maximum absolute atomic E-state index is 14.0. The second-order valence-corrected chi connectivity index (χ2v) is 9.93. The molecule has 0 amide bonds. The molecule has 0 spiro atoms. The van der Waals surface area contributed by atoms with Crippen LogP contribution in [-0.4, -0.2) is 23.7 Å². The van der Waals surface area contributed by atoms with Crippen LogP contribution in [0.4, 0.5) is 4.39 Å². The van der Waals surface area contributed by atoms with E-state index in [0.717, 1.165) is 52.8 Å². The van der Waals surface area contributed by atoms with Crippen LogP contribution in [0, 0.1) is 5.82 Å². The van der Waals surface area contributed by atoms with E-state index < -0.39 is 0 Å². The van der Waals surface area contributed by atoms with Gasteiger partial charge in [-0.3, -0.25) is 9.98 Å². The smallest absolute Gasteiger partial charge is 0.223 e. The van der Waals surface area contributed by atoms with Crippen molar-refractivity contribution in [3.05, 3.63) is 83.2 Å². The second kappa shape index (κ2) is 9.88. The zero-order valence-electron chi connectivity index (χ0n) is 20.4. The summed E-state index contributed by atoms with van der Waals surface area (Å²) in [6.45, 7) is 13.3. The summed E-state index contributed by atoms with van der Waals surface area (Å²) in [7, 11) is 0. The van der Waals surface area contributed by atoms with Gasteiger partial charge in [0.05, 0.1) is 12.2 Å². The third-order valence-electron chi connectivity index (χ3n) is 6.25. The van der Waals surface area contributed by atoms with Gasteiger partial charge < -0.3 is 4.74 Å². The largest absolute Gasteiger partial charge is 0.477 e. The first-order valence-corrected chi connectivity index (χ1v) is 11.9. The van der Waals surface area contributed by atoms with Crippen molar-refractivity contribution in [2.24, 2.45) is 9.98 Å². The Morgan fingerprint density at radius 3 is 2.74 bits per heavy atom. The number of halogens is 1. The van der Waals surface area contributed by atoms with Gasteiger partial charge in [-0.1, -0.05) is 46.4 Å². The molecule has 2 aromatic rings. The Hall–Kier alpha value is -3.34. The molecule has 0 radical (unpaired) electrons. The minimum atomic E-state index is -0.260. The number of hydrogen-bond acceptors (Lipinski definition) is 4. The van der Waals surface area contributed by atoms with Gasteiger partial charge in [0.15, 0.2) is 0 Å². The van der Waals surface area contributed by atoms with E-state index >= 15 is 0 Å². The lowest BCUT2D eigenvalue weighted by atomic mass is 9.82. The number of fused-ring (bicyclic) bond motifs is 1. The summed E-state index contributed by atoms with van der Waals surface area (Å²) in [4.78, 5) is 13.3. The Labute approximate surface area is 201 Å². The summed E-state index contributed by atoms with van der Waals surface area (Å²) < 4.78 is 19.9. The topological polar surface area (TPSA) is 46.8 Å². The maximum Gasteiger partial charge on any atom is 0.223 e. The number of pyridine rings is 1. The number of ether oxygens (including phenoxy) is 1. The van der Waals surface area contributed by atoms with E-state index in [1.807, 2.05) is 6.20 Å². The van der Waals surface area contributed by atoms with Crippen molar-refractivity contribution in [3.63, 3.8) is 0 Å². The van der Waals surface area contributed by atoms with Crippen molar-refractivity contribution >= 4 is 18.2 Å². The van der Waals surface area contributed by atoms with Gasteiger partial charge in [0.1, 0.15) is 5.82 Å². The molecule has 1 unspecified atom stereocenters. The zero-order valence-corrected chi connectivity index (χ0v) is 20.4. The predicted octanol–water partition coefficient (Wildman–Crippen LogP) is 7.38. The van der Waals surface area contributed by atoms with E-state index in [1.165, 1.54) is 11.6 Å². The van der Waals surface area contributed by atoms with Crippen LogP contribution in [0.5, 0.6) is 0 Å². The highest BCUT2D eigenvalue weighted by molar-refractivity contribution is 6.11. The van der Waals surface area contributed by atoms with Crippen LogP contribution >= 0.6 is 0 Å². The highest BCUT2D eigenvalue weighted by Gasteiger charge is 2.24. The number of hydrogen-bond donors (Lipinski definition) is 0. The lowest BCUT2D eigenvalue weighted by molar-refractivity contribution is 0.293. The number of rotatable bonds is 8. The molecule has 5 heteroatoms. The molecule has 0 aliphatic carbocycles. The Balaban J connectivity index is 1.44. The molecule has 3 heterocycles. The molecule has 0 fully saturated rings. The first-order chi connectivity index (χ1) is 16.3. The fourth-order valence-corrected chi connectivity index (χ4v) is 4.40. The lowest BCUT2D eigenvalue weighted by Crippen LogP contribution is -2.18. The number of unbranched alkanes of at least 4 members (excludes halogenated alkanes) is 1. The van der Waals surface area contributed by atoms with E-state index in [-0.39, 0.29) is 11.2 Å². The molecule has 2 aliphatic rings. The van der Waals surface area contributed by atoms with Gasteiger partial charge in [0, 0.05) is 47.1 Å². The van der Waals surface area contributed by atoms with Crippen molar-refractivity contribution in [2.75, 3.05) is 6.61 Å². The predicted molar refractivity (Wildman–Crippen MR) is 139 cm³/mol. The quantitative estimate of drug-likeness (QED) is 0.388. The van der Waals surface area contributed by atoms with Crippen LogP contribution in [0.25, 0.3) is 17.2 Å². The SMILES string of the molecule is C=Cc1ccc(F)cc1-c1cnc(C(C)(C)C)c(C(C)CCCCOC2=NC=C3C=NC=C32)c1. The van der Waals surface area contributed by atoms with Gasteiger partial charge >= 0.3 is 0 Å². The third-order valence-corrected chi connectivity index (χ3v) is 6.25. The standard InChI is InChI=1S/C29H32FN3O/c1-6-20-10-11-23(30)14-25(20)21-13-24(27(32-16-21)29(3,4)5)19(2)9-7-8-12-34-28-26-18-31-15-22(26)17-33-28/h6,10-11,13-19H,1,7-9,12H2,2-5H3. The number of nitrogens with zero attached hydrogens (tertiary/aromatic N) is 3. The molecule has 0 bridgehead atoms. The van der Waals surface area contributed by atoms with Gasteiger partial charge in [-0.2, -0.15) is 0 Å². The average Bonchev–Trinajstić information content (AvgIpc) is 3.42. The highest BCUT2D eigenvalue weighted by Crippen LogP contribution is 2.35. The highest BCUT2D eigenvalue weighted by atomic mass is 19.1. The normalized spacial score (nSPS) is 15.5. The molecule has 176 valence electrons. The number of aliphatic imine (C=N–C) groups is 2. The zero-order chi connectivity index (χ0) is 24.3. The molecule has 4 nitrogen and oxygen atoms in total. The molecule has 0 saturated carbocycles. The van der Waals surface area contributed by atoms with E-state index in [9.17, 15) is 4.39 Å². The van der Waals surface area contributed by atoms with Crippen LogP contribution < -0.4 is 0 Å². The molecular formula is C29H32FN3O. The van der Waals surface area contributed by atoms with E-state index in [2.05, 4.69) is 50.3 Å². The maximum atomic E-state index is 14.0. The fourth-order valence-electron chi connectivity index (χ4n) is 4.40. The second-order valence-electron chi connectivity index (χ2n) is 9.93. The molecule has 1 aromatic carbocycles. The first kappa shape index (κ1) is 23.8. The summed E-state index contributed by atoms with van der Waals surface area (Å²) >= 11 is 0. The Kier molecular flexibility index (Phi) is 6.92. The van der Waals surface area contributed by atoms with Crippen LogP contribution in [0.2, 0.25) is 0 Å². The first-order valence-electron chi connectivity index (χ1n) is 11.9. The molecule has 1 aromatic heterocycles. The summed E-state index contributed by atoms with van der Waals surface area (Å²) in [5.74, 6) is 0.718. The molecule has 34 heavy (non-hydrogen) atoms. The van der Waals surface area contributed by atoms with Crippen LogP contribution in [0.3, 0.4) is 0 Å². The molecule has 2 aliphatic heterocycles. The van der Waals surface area contributed by atoms with Crippen LogP contribution in [0.15, 0.2) is 70.6 Å². The van der Waals surface area contributed by atoms with Gasteiger partial charge in [0.25, 0.3) is 0 Å². The monoisotopic (exact) mass is 457 g/mol. The van der Waals surface area contributed by atoms with Crippen molar-refractivity contribution in [2.45, 2.75) is 58.3 Å². The van der Waals surface area contributed by atoms with Crippen LogP contribution in [-0.2, 0) is 10.2 Å². The summed E-state index contributed by atoms with van der Waals surface area (Å²) in [5, 5.41) is 0.